The maximum atomic E-state index is 13.7. The summed E-state index contributed by atoms with van der Waals surface area (Å²) in [7, 11) is 0. The molecule has 1 heterocycles. The first-order chi connectivity index (χ1) is 11.4. The second kappa shape index (κ2) is 6.71. The molecular weight excluding hydrogens is 335 g/mol. The predicted molar refractivity (Wildman–Crippen MR) is 86.7 cm³/mol. The number of nitrogens with zero attached hydrogens (tertiary/aromatic N) is 1. The average molecular weight is 357 g/mol. The Morgan fingerprint density at radius 2 is 1.84 bits per heavy atom. The Hall–Kier alpha value is -2.02. The first kappa shape index (κ1) is 19.3. The molecule has 138 valence electrons. The summed E-state index contributed by atoms with van der Waals surface area (Å²) >= 11 is 0. The van der Waals surface area contributed by atoms with Gasteiger partial charge in [-0.2, -0.15) is 13.2 Å². The maximum Gasteiger partial charge on any atom is 0.419 e. The van der Waals surface area contributed by atoms with Crippen LogP contribution in [0.2, 0.25) is 0 Å². The molecule has 0 N–H and O–H groups in total. The van der Waals surface area contributed by atoms with Gasteiger partial charge < -0.3 is 9.47 Å². The van der Waals surface area contributed by atoms with Crippen LogP contribution in [0.15, 0.2) is 42.6 Å². The summed E-state index contributed by atoms with van der Waals surface area (Å²) < 4.78 is 51.6. The van der Waals surface area contributed by atoms with E-state index in [1.165, 1.54) is 0 Å². The number of likely N-dealkylation sites (tertiary alicyclic amines) is 1. The summed E-state index contributed by atoms with van der Waals surface area (Å²) in [6.07, 6.45) is -6.02. The molecule has 1 amide bonds. The highest BCUT2D eigenvalue weighted by atomic mass is 19.4. The van der Waals surface area contributed by atoms with Gasteiger partial charge in [0.05, 0.1) is 13.2 Å². The van der Waals surface area contributed by atoms with Gasteiger partial charge in [-0.1, -0.05) is 36.9 Å². The second-order valence-electron chi connectivity index (χ2n) is 7.08. The van der Waals surface area contributed by atoms with E-state index in [1.54, 1.807) is 51.1 Å². The molecule has 0 bridgehead atoms. The summed E-state index contributed by atoms with van der Waals surface area (Å²) in [5.41, 5.74) is -2.66. The van der Waals surface area contributed by atoms with Crippen LogP contribution >= 0.6 is 0 Å². The van der Waals surface area contributed by atoms with Gasteiger partial charge >= 0.3 is 12.3 Å². The Bertz CT molecular complexity index is 637. The monoisotopic (exact) mass is 357 g/mol. The van der Waals surface area contributed by atoms with Crippen molar-refractivity contribution in [3.05, 3.63) is 48.2 Å². The van der Waals surface area contributed by atoms with Crippen LogP contribution in [0.3, 0.4) is 0 Å². The zero-order valence-corrected chi connectivity index (χ0v) is 14.5. The van der Waals surface area contributed by atoms with E-state index in [0.29, 0.717) is 5.56 Å². The molecule has 1 aliphatic rings. The third kappa shape index (κ3) is 4.54. The van der Waals surface area contributed by atoms with Crippen molar-refractivity contribution in [1.82, 2.24) is 4.90 Å². The summed E-state index contributed by atoms with van der Waals surface area (Å²) in [6, 6.07) is 8.57. The second-order valence-corrected chi connectivity index (χ2v) is 7.08. The van der Waals surface area contributed by atoms with E-state index in [4.69, 9.17) is 9.47 Å². The van der Waals surface area contributed by atoms with Gasteiger partial charge in [-0.3, -0.25) is 4.90 Å². The van der Waals surface area contributed by atoms with Gasteiger partial charge in [0.25, 0.3) is 0 Å². The molecule has 25 heavy (non-hydrogen) atoms. The van der Waals surface area contributed by atoms with E-state index in [1.807, 2.05) is 0 Å². The molecule has 1 aliphatic heterocycles. The van der Waals surface area contributed by atoms with Crippen molar-refractivity contribution in [3.8, 4) is 0 Å². The van der Waals surface area contributed by atoms with Crippen LogP contribution in [0, 0.1) is 0 Å². The van der Waals surface area contributed by atoms with Gasteiger partial charge in [-0.25, -0.2) is 4.79 Å². The third-order valence-electron chi connectivity index (χ3n) is 3.77. The number of ether oxygens (including phenoxy) is 2. The number of hydrogen-bond donors (Lipinski definition) is 0. The highest BCUT2D eigenvalue weighted by molar-refractivity contribution is 5.71. The highest BCUT2D eigenvalue weighted by Gasteiger charge is 2.61. The van der Waals surface area contributed by atoms with Crippen molar-refractivity contribution < 1.29 is 27.4 Å². The summed E-state index contributed by atoms with van der Waals surface area (Å²) in [4.78, 5) is 13.1. The molecular formula is C18H22F3NO3. The van der Waals surface area contributed by atoms with E-state index in [9.17, 15) is 18.0 Å². The van der Waals surface area contributed by atoms with Crippen molar-refractivity contribution in [2.45, 2.75) is 51.2 Å². The molecule has 0 saturated carbocycles. The van der Waals surface area contributed by atoms with Crippen LogP contribution in [-0.4, -0.2) is 34.9 Å². The molecule has 0 spiro atoms. The van der Waals surface area contributed by atoms with Gasteiger partial charge in [0.1, 0.15) is 5.60 Å². The van der Waals surface area contributed by atoms with E-state index in [0.717, 1.165) is 4.90 Å². The fraction of sp³-hybridized carbons (Fsp3) is 0.500. The molecule has 7 heteroatoms. The number of alkyl halides is 3. The predicted octanol–water partition coefficient (Wildman–Crippen LogP) is 4.66. The third-order valence-corrected chi connectivity index (χ3v) is 3.77. The first-order valence-corrected chi connectivity index (χ1v) is 7.86. The molecule has 0 aromatic heterocycles. The molecule has 1 aromatic rings. The maximum absolute atomic E-state index is 13.7. The number of carbonyl (C=O) groups excluding carboxylic acids is 1. The quantitative estimate of drug-likeness (QED) is 0.790. The molecule has 0 radical (unpaired) electrons. The lowest BCUT2D eigenvalue weighted by Gasteiger charge is -2.31. The number of rotatable bonds is 3. The summed E-state index contributed by atoms with van der Waals surface area (Å²) in [5, 5.41) is 0. The minimum Gasteiger partial charge on any atom is -0.443 e. The van der Waals surface area contributed by atoms with Gasteiger partial charge in [0.15, 0.2) is 5.60 Å². The number of halogens is 3. The van der Waals surface area contributed by atoms with Gasteiger partial charge in [0.2, 0.25) is 0 Å². The number of amides is 1. The standard InChI is InChI=1S/C18H22F3NO3/c1-13-10-17(18(19,20)21,24-11-14-8-6-5-7-9-14)12-22(13)15(23)25-16(2,3)4/h5-9H,1,10-12H2,2-4H3. The molecule has 0 aliphatic carbocycles. The Morgan fingerprint density at radius 3 is 2.36 bits per heavy atom. The minimum absolute atomic E-state index is 0.0274. The Balaban J connectivity index is 2.18. The molecule has 2 rings (SSSR count). The average Bonchev–Trinajstić information content (AvgIpc) is 2.83. The minimum atomic E-state index is -4.65. The molecule has 1 unspecified atom stereocenters. The van der Waals surface area contributed by atoms with E-state index >= 15 is 0 Å². The Kier molecular flexibility index (Phi) is 5.18. The lowest BCUT2D eigenvalue weighted by Crippen LogP contribution is -2.50. The van der Waals surface area contributed by atoms with E-state index in [2.05, 4.69) is 6.58 Å². The Labute approximate surface area is 145 Å². The topological polar surface area (TPSA) is 38.8 Å². The Morgan fingerprint density at radius 1 is 1.24 bits per heavy atom. The van der Waals surface area contributed by atoms with Crippen LogP contribution in [-0.2, 0) is 16.1 Å². The fourth-order valence-electron chi connectivity index (χ4n) is 2.52. The van der Waals surface area contributed by atoms with Crippen LogP contribution < -0.4 is 0 Å². The summed E-state index contributed by atoms with van der Waals surface area (Å²) in [5.74, 6) is 0. The van der Waals surface area contributed by atoms with Crippen molar-refractivity contribution in [3.63, 3.8) is 0 Å². The van der Waals surface area contributed by atoms with Crippen LogP contribution in [0.4, 0.5) is 18.0 Å². The normalized spacial score (nSPS) is 21.5. The van der Waals surface area contributed by atoms with E-state index in [-0.39, 0.29) is 12.3 Å². The largest absolute Gasteiger partial charge is 0.443 e. The summed E-state index contributed by atoms with van der Waals surface area (Å²) in [6.45, 7) is 7.65. The van der Waals surface area contributed by atoms with Crippen molar-refractivity contribution in [2.24, 2.45) is 0 Å². The van der Waals surface area contributed by atoms with Gasteiger partial charge in [-0.15, -0.1) is 0 Å². The zero-order chi connectivity index (χ0) is 18.9. The zero-order valence-electron chi connectivity index (χ0n) is 14.5. The molecule has 1 aromatic carbocycles. The molecule has 1 saturated heterocycles. The van der Waals surface area contributed by atoms with Gasteiger partial charge in [0, 0.05) is 12.1 Å². The van der Waals surface area contributed by atoms with Crippen LogP contribution in [0.1, 0.15) is 32.8 Å². The van der Waals surface area contributed by atoms with Crippen molar-refractivity contribution in [2.75, 3.05) is 6.54 Å². The van der Waals surface area contributed by atoms with Crippen molar-refractivity contribution in [1.29, 1.82) is 0 Å². The van der Waals surface area contributed by atoms with Crippen molar-refractivity contribution >= 4 is 6.09 Å². The first-order valence-electron chi connectivity index (χ1n) is 7.86. The van der Waals surface area contributed by atoms with Crippen LogP contribution in [0.5, 0.6) is 0 Å². The number of carbonyl (C=O) groups is 1. The molecule has 1 fully saturated rings. The number of hydrogen-bond acceptors (Lipinski definition) is 3. The highest BCUT2D eigenvalue weighted by Crippen LogP contribution is 2.45. The SMILES string of the molecule is C=C1CC(OCc2ccccc2)(C(F)(F)F)CN1C(=O)OC(C)(C)C. The van der Waals surface area contributed by atoms with E-state index < -0.39 is 36.4 Å². The lowest BCUT2D eigenvalue weighted by molar-refractivity contribution is -0.275. The lowest BCUT2D eigenvalue weighted by atomic mass is 10.0. The smallest absolute Gasteiger partial charge is 0.419 e. The van der Waals surface area contributed by atoms with Crippen LogP contribution in [0.25, 0.3) is 0 Å². The number of benzene rings is 1. The molecule has 4 nitrogen and oxygen atoms in total. The van der Waals surface area contributed by atoms with Gasteiger partial charge in [-0.05, 0) is 26.3 Å². The molecule has 1 atom stereocenters. The fourth-order valence-corrected chi connectivity index (χ4v) is 2.52.